The van der Waals surface area contributed by atoms with Crippen molar-refractivity contribution in [3.05, 3.63) is 63.2 Å². The summed E-state index contributed by atoms with van der Waals surface area (Å²) in [6, 6.07) is 9.16. The van der Waals surface area contributed by atoms with Crippen LogP contribution in [-0.2, 0) is 4.79 Å². The van der Waals surface area contributed by atoms with E-state index < -0.39 is 10.8 Å². The number of rotatable bonds is 6. The van der Waals surface area contributed by atoms with Crippen LogP contribution in [0.25, 0.3) is 0 Å². The zero-order valence-electron chi connectivity index (χ0n) is 13.7. The number of aromatic hydroxyl groups is 1. The van der Waals surface area contributed by atoms with Crippen molar-refractivity contribution in [1.29, 1.82) is 0 Å². The number of para-hydroxylation sites is 1. The van der Waals surface area contributed by atoms with Crippen LogP contribution in [0.1, 0.15) is 16.7 Å². The van der Waals surface area contributed by atoms with Gasteiger partial charge in [-0.1, -0.05) is 18.2 Å². The van der Waals surface area contributed by atoms with Gasteiger partial charge in [-0.05, 0) is 31.0 Å². The van der Waals surface area contributed by atoms with Crippen LogP contribution in [-0.4, -0.2) is 28.8 Å². The molecule has 0 saturated carbocycles. The molecule has 2 rings (SSSR count). The van der Waals surface area contributed by atoms with E-state index in [2.05, 4.69) is 10.5 Å². The molecule has 2 aromatic rings. The fourth-order valence-corrected chi connectivity index (χ4v) is 2.13. The molecular formula is C17H17N3O5. The van der Waals surface area contributed by atoms with Crippen molar-refractivity contribution in [1.82, 2.24) is 5.43 Å². The first-order chi connectivity index (χ1) is 11.9. The highest BCUT2D eigenvalue weighted by molar-refractivity contribution is 5.86. The number of hydrazone groups is 1. The Kier molecular flexibility index (Phi) is 5.67. The molecule has 0 atom stereocenters. The fraction of sp³-hybridized carbons (Fsp3) is 0.176. The van der Waals surface area contributed by atoms with Crippen LogP contribution in [0.3, 0.4) is 0 Å². The molecule has 0 aliphatic rings. The van der Waals surface area contributed by atoms with E-state index in [-0.39, 0.29) is 23.6 Å². The molecule has 2 N–H and O–H groups in total. The summed E-state index contributed by atoms with van der Waals surface area (Å²) < 4.78 is 5.48. The first-order valence-corrected chi connectivity index (χ1v) is 7.37. The lowest BCUT2D eigenvalue weighted by atomic mass is 10.1. The number of phenols is 1. The lowest BCUT2D eigenvalue weighted by Gasteiger charge is -2.10. The number of aryl methyl sites for hydroxylation is 2. The highest BCUT2D eigenvalue weighted by Crippen LogP contribution is 2.22. The monoisotopic (exact) mass is 343 g/mol. The Bertz CT molecular complexity index is 813. The van der Waals surface area contributed by atoms with Crippen LogP contribution >= 0.6 is 0 Å². The SMILES string of the molecule is Cc1cccc(C)c1OCC(=O)NN=Cc1cc([N+](=O)[O-])ccc1O. The first-order valence-electron chi connectivity index (χ1n) is 7.37. The number of nitrogens with one attached hydrogen (secondary N) is 1. The summed E-state index contributed by atoms with van der Waals surface area (Å²) >= 11 is 0. The van der Waals surface area contributed by atoms with Gasteiger partial charge in [0.1, 0.15) is 11.5 Å². The number of ether oxygens (including phenoxy) is 1. The number of carbonyl (C=O) groups is 1. The van der Waals surface area contributed by atoms with Gasteiger partial charge < -0.3 is 9.84 Å². The second kappa shape index (κ2) is 7.91. The summed E-state index contributed by atoms with van der Waals surface area (Å²) in [6.45, 7) is 3.52. The van der Waals surface area contributed by atoms with Gasteiger partial charge in [0.15, 0.2) is 6.61 Å². The van der Waals surface area contributed by atoms with E-state index in [1.807, 2.05) is 32.0 Å². The van der Waals surface area contributed by atoms with E-state index in [0.29, 0.717) is 5.75 Å². The second-order valence-corrected chi connectivity index (χ2v) is 5.30. The molecule has 0 heterocycles. The van der Waals surface area contributed by atoms with E-state index in [1.54, 1.807) is 0 Å². The van der Waals surface area contributed by atoms with Crippen molar-refractivity contribution in [2.24, 2.45) is 5.10 Å². The quantitative estimate of drug-likeness (QED) is 0.475. The predicted octanol–water partition coefficient (Wildman–Crippen LogP) is 2.45. The third-order valence-electron chi connectivity index (χ3n) is 3.37. The Hall–Kier alpha value is -3.42. The summed E-state index contributed by atoms with van der Waals surface area (Å²) in [5, 5.41) is 24.0. The molecule has 8 heteroatoms. The second-order valence-electron chi connectivity index (χ2n) is 5.30. The molecule has 0 aromatic heterocycles. The van der Waals surface area contributed by atoms with Crippen LogP contribution in [0, 0.1) is 24.0 Å². The van der Waals surface area contributed by atoms with Gasteiger partial charge in [-0.15, -0.1) is 0 Å². The maximum absolute atomic E-state index is 11.8. The van der Waals surface area contributed by atoms with Gasteiger partial charge >= 0.3 is 0 Å². The first kappa shape index (κ1) is 17.9. The highest BCUT2D eigenvalue weighted by Gasteiger charge is 2.09. The number of hydrogen-bond acceptors (Lipinski definition) is 6. The Balaban J connectivity index is 1.95. The van der Waals surface area contributed by atoms with Crippen molar-refractivity contribution in [2.45, 2.75) is 13.8 Å². The number of nitrogens with zero attached hydrogens (tertiary/aromatic N) is 2. The Morgan fingerprint density at radius 1 is 1.32 bits per heavy atom. The van der Waals surface area contributed by atoms with Crippen LogP contribution < -0.4 is 10.2 Å². The number of nitro benzene ring substituents is 1. The maximum atomic E-state index is 11.8. The van der Waals surface area contributed by atoms with Crippen molar-refractivity contribution >= 4 is 17.8 Å². The smallest absolute Gasteiger partial charge is 0.277 e. The lowest BCUT2D eigenvalue weighted by molar-refractivity contribution is -0.384. The Labute approximate surface area is 143 Å². The Morgan fingerprint density at radius 2 is 2.00 bits per heavy atom. The molecule has 0 saturated heterocycles. The molecule has 1 amide bonds. The highest BCUT2D eigenvalue weighted by atomic mass is 16.6. The van der Waals surface area contributed by atoms with Gasteiger partial charge in [-0.25, -0.2) is 5.43 Å². The summed E-state index contributed by atoms with van der Waals surface area (Å²) in [7, 11) is 0. The summed E-state index contributed by atoms with van der Waals surface area (Å²) in [5.41, 5.74) is 4.00. The topological polar surface area (TPSA) is 114 Å². The van der Waals surface area contributed by atoms with Crippen molar-refractivity contribution in [2.75, 3.05) is 6.61 Å². The minimum atomic E-state index is -0.590. The van der Waals surface area contributed by atoms with Gasteiger partial charge in [0.25, 0.3) is 11.6 Å². The number of non-ortho nitro benzene ring substituents is 1. The molecule has 0 aliphatic heterocycles. The van der Waals surface area contributed by atoms with E-state index in [4.69, 9.17) is 4.74 Å². The largest absolute Gasteiger partial charge is 0.507 e. The van der Waals surface area contributed by atoms with Crippen molar-refractivity contribution < 1.29 is 19.6 Å². The summed E-state index contributed by atoms with van der Waals surface area (Å²) in [6.07, 6.45) is 1.12. The third kappa shape index (κ3) is 4.77. The number of nitro groups is 1. The molecule has 0 fully saturated rings. The molecule has 0 bridgehead atoms. The fourth-order valence-electron chi connectivity index (χ4n) is 2.13. The zero-order valence-corrected chi connectivity index (χ0v) is 13.7. The molecule has 2 aromatic carbocycles. The van der Waals surface area contributed by atoms with Gasteiger partial charge in [0.05, 0.1) is 11.1 Å². The standard InChI is InChI=1S/C17H17N3O5/c1-11-4-3-5-12(2)17(11)25-10-16(22)19-18-9-13-8-14(20(23)24)6-7-15(13)21/h3-9,21H,10H2,1-2H3,(H,19,22). The van der Waals surface area contributed by atoms with Gasteiger partial charge in [0, 0.05) is 17.7 Å². The number of hydrogen-bond donors (Lipinski definition) is 2. The van der Waals surface area contributed by atoms with Crippen LogP contribution in [0.5, 0.6) is 11.5 Å². The average molecular weight is 343 g/mol. The van der Waals surface area contributed by atoms with E-state index in [1.165, 1.54) is 12.1 Å². The number of benzene rings is 2. The lowest BCUT2D eigenvalue weighted by Crippen LogP contribution is -2.25. The zero-order chi connectivity index (χ0) is 18.4. The minimum Gasteiger partial charge on any atom is -0.507 e. The minimum absolute atomic E-state index is 0.116. The molecule has 0 unspecified atom stereocenters. The number of carbonyl (C=O) groups excluding carboxylic acids is 1. The average Bonchev–Trinajstić information content (AvgIpc) is 2.56. The Morgan fingerprint density at radius 3 is 2.64 bits per heavy atom. The number of phenolic OH excluding ortho intramolecular Hbond substituents is 1. The van der Waals surface area contributed by atoms with Crippen molar-refractivity contribution in [3.8, 4) is 11.5 Å². The molecule has 0 aliphatic carbocycles. The molecule has 8 nitrogen and oxygen atoms in total. The van der Waals surface area contributed by atoms with E-state index in [0.717, 1.165) is 23.4 Å². The van der Waals surface area contributed by atoms with E-state index in [9.17, 15) is 20.0 Å². The molecule has 0 radical (unpaired) electrons. The normalized spacial score (nSPS) is 10.6. The summed E-state index contributed by atoms with van der Waals surface area (Å²) in [4.78, 5) is 21.9. The molecule has 25 heavy (non-hydrogen) atoms. The van der Waals surface area contributed by atoms with Crippen LogP contribution in [0.15, 0.2) is 41.5 Å². The molecule has 0 spiro atoms. The van der Waals surface area contributed by atoms with Gasteiger partial charge in [-0.2, -0.15) is 5.10 Å². The predicted molar refractivity (Wildman–Crippen MR) is 91.9 cm³/mol. The van der Waals surface area contributed by atoms with E-state index >= 15 is 0 Å². The van der Waals surface area contributed by atoms with Gasteiger partial charge in [-0.3, -0.25) is 14.9 Å². The van der Waals surface area contributed by atoms with Crippen LogP contribution in [0.4, 0.5) is 5.69 Å². The van der Waals surface area contributed by atoms with Crippen LogP contribution in [0.2, 0.25) is 0 Å². The maximum Gasteiger partial charge on any atom is 0.277 e. The molecular weight excluding hydrogens is 326 g/mol. The number of amides is 1. The summed E-state index contributed by atoms with van der Waals surface area (Å²) in [5.74, 6) is -0.0443. The van der Waals surface area contributed by atoms with Gasteiger partial charge in [0.2, 0.25) is 0 Å². The third-order valence-corrected chi connectivity index (χ3v) is 3.37. The van der Waals surface area contributed by atoms with Crippen molar-refractivity contribution in [3.63, 3.8) is 0 Å². The molecule has 130 valence electrons.